The van der Waals surface area contributed by atoms with Gasteiger partial charge in [0.05, 0.1) is 31.2 Å². The number of ether oxygens (including phenoxy) is 2. The van der Waals surface area contributed by atoms with E-state index in [1.807, 2.05) is 37.3 Å². The Bertz CT molecular complexity index is 902. The SMILES string of the molecule is COc1cccc(-c2n[nH]c(C)c2NC(=O)c2ccccc2OC)c1. The van der Waals surface area contributed by atoms with Crippen LogP contribution in [-0.4, -0.2) is 30.3 Å². The van der Waals surface area contributed by atoms with Crippen LogP contribution in [0.2, 0.25) is 0 Å². The summed E-state index contributed by atoms with van der Waals surface area (Å²) >= 11 is 0. The number of H-pyrrole nitrogens is 1. The maximum atomic E-state index is 12.7. The van der Waals surface area contributed by atoms with Crippen LogP contribution >= 0.6 is 0 Å². The van der Waals surface area contributed by atoms with Crippen LogP contribution in [0.15, 0.2) is 48.5 Å². The molecule has 0 aliphatic carbocycles. The fraction of sp³-hybridized carbons (Fsp3) is 0.158. The fourth-order valence-electron chi connectivity index (χ4n) is 2.57. The second-order valence-electron chi connectivity index (χ2n) is 5.46. The van der Waals surface area contributed by atoms with E-state index in [0.29, 0.717) is 22.7 Å². The molecule has 0 atom stereocenters. The van der Waals surface area contributed by atoms with E-state index in [0.717, 1.165) is 17.0 Å². The molecule has 0 aliphatic rings. The number of methoxy groups -OCH3 is 2. The molecule has 6 nitrogen and oxygen atoms in total. The smallest absolute Gasteiger partial charge is 0.259 e. The van der Waals surface area contributed by atoms with Gasteiger partial charge in [-0.05, 0) is 31.2 Å². The lowest BCUT2D eigenvalue weighted by atomic mass is 10.1. The van der Waals surface area contributed by atoms with E-state index in [4.69, 9.17) is 9.47 Å². The zero-order valence-corrected chi connectivity index (χ0v) is 14.3. The molecule has 3 aromatic rings. The van der Waals surface area contributed by atoms with Crippen LogP contribution in [-0.2, 0) is 0 Å². The number of aryl methyl sites for hydroxylation is 1. The summed E-state index contributed by atoms with van der Waals surface area (Å²) in [5, 5.41) is 10.2. The Kier molecular flexibility index (Phi) is 4.70. The molecule has 3 rings (SSSR count). The highest BCUT2D eigenvalue weighted by atomic mass is 16.5. The molecule has 128 valence electrons. The second-order valence-corrected chi connectivity index (χ2v) is 5.46. The molecule has 2 N–H and O–H groups in total. The third kappa shape index (κ3) is 3.33. The van der Waals surface area contributed by atoms with Gasteiger partial charge in [0.2, 0.25) is 0 Å². The Hall–Kier alpha value is -3.28. The lowest BCUT2D eigenvalue weighted by molar-refractivity contribution is 0.102. The minimum Gasteiger partial charge on any atom is -0.497 e. The Labute approximate surface area is 145 Å². The van der Waals surface area contributed by atoms with Gasteiger partial charge in [0, 0.05) is 5.56 Å². The first-order chi connectivity index (χ1) is 12.1. The molecule has 0 bridgehead atoms. The minimum atomic E-state index is -0.258. The molecule has 0 saturated heterocycles. The van der Waals surface area contributed by atoms with Crippen LogP contribution in [0.25, 0.3) is 11.3 Å². The van der Waals surface area contributed by atoms with Crippen molar-refractivity contribution in [2.45, 2.75) is 6.92 Å². The molecule has 0 spiro atoms. The van der Waals surface area contributed by atoms with Crippen molar-refractivity contribution in [1.82, 2.24) is 10.2 Å². The molecule has 25 heavy (non-hydrogen) atoms. The number of anilines is 1. The van der Waals surface area contributed by atoms with Gasteiger partial charge in [-0.1, -0.05) is 24.3 Å². The van der Waals surface area contributed by atoms with Crippen LogP contribution in [0, 0.1) is 6.92 Å². The van der Waals surface area contributed by atoms with Gasteiger partial charge >= 0.3 is 0 Å². The van der Waals surface area contributed by atoms with Gasteiger partial charge in [-0.3, -0.25) is 9.89 Å². The van der Waals surface area contributed by atoms with E-state index >= 15 is 0 Å². The van der Waals surface area contributed by atoms with Crippen molar-refractivity contribution in [3.8, 4) is 22.8 Å². The van der Waals surface area contributed by atoms with Gasteiger partial charge in [-0.15, -0.1) is 0 Å². The maximum absolute atomic E-state index is 12.7. The quantitative estimate of drug-likeness (QED) is 0.745. The highest BCUT2D eigenvalue weighted by molar-refractivity contribution is 6.08. The van der Waals surface area contributed by atoms with Crippen molar-refractivity contribution >= 4 is 11.6 Å². The number of para-hydroxylation sites is 1. The molecule has 1 aromatic heterocycles. The molecule has 0 unspecified atom stereocenters. The van der Waals surface area contributed by atoms with E-state index in [2.05, 4.69) is 15.5 Å². The van der Waals surface area contributed by atoms with Gasteiger partial charge in [-0.2, -0.15) is 5.10 Å². The summed E-state index contributed by atoms with van der Waals surface area (Å²) in [5.41, 5.74) is 3.35. The van der Waals surface area contributed by atoms with E-state index in [9.17, 15) is 4.79 Å². The van der Waals surface area contributed by atoms with Crippen molar-refractivity contribution in [1.29, 1.82) is 0 Å². The molecule has 2 aromatic carbocycles. The Morgan fingerprint density at radius 3 is 2.64 bits per heavy atom. The van der Waals surface area contributed by atoms with Crippen LogP contribution in [0.3, 0.4) is 0 Å². The predicted octanol–water partition coefficient (Wildman–Crippen LogP) is 3.65. The number of nitrogens with zero attached hydrogens (tertiary/aromatic N) is 1. The number of benzene rings is 2. The third-order valence-corrected chi connectivity index (χ3v) is 3.88. The van der Waals surface area contributed by atoms with Gasteiger partial charge < -0.3 is 14.8 Å². The summed E-state index contributed by atoms with van der Waals surface area (Å²) in [6.07, 6.45) is 0. The summed E-state index contributed by atoms with van der Waals surface area (Å²) in [5.74, 6) is 0.982. The van der Waals surface area contributed by atoms with Crippen LogP contribution in [0.4, 0.5) is 5.69 Å². The number of rotatable bonds is 5. The number of hydrogen-bond acceptors (Lipinski definition) is 4. The van der Waals surface area contributed by atoms with E-state index in [1.165, 1.54) is 7.11 Å². The third-order valence-electron chi connectivity index (χ3n) is 3.88. The molecule has 0 fully saturated rings. The Balaban J connectivity index is 1.96. The highest BCUT2D eigenvalue weighted by Gasteiger charge is 2.18. The average Bonchev–Trinajstić information content (AvgIpc) is 3.02. The Morgan fingerprint density at radius 1 is 1.08 bits per heavy atom. The Morgan fingerprint density at radius 2 is 1.88 bits per heavy atom. The van der Waals surface area contributed by atoms with Crippen molar-refractivity contribution in [3.63, 3.8) is 0 Å². The van der Waals surface area contributed by atoms with Crippen LogP contribution in [0.5, 0.6) is 11.5 Å². The van der Waals surface area contributed by atoms with Crippen molar-refractivity contribution in [2.75, 3.05) is 19.5 Å². The summed E-state index contributed by atoms with van der Waals surface area (Å²) in [7, 11) is 3.15. The first-order valence-corrected chi connectivity index (χ1v) is 7.77. The summed E-state index contributed by atoms with van der Waals surface area (Å²) in [6.45, 7) is 1.86. The molecule has 0 radical (unpaired) electrons. The number of amides is 1. The number of aromatic amines is 1. The summed E-state index contributed by atoms with van der Waals surface area (Å²) in [6, 6.07) is 14.6. The van der Waals surface area contributed by atoms with Gasteiger partial charge in [-0.25, -0.2) is 0 Å². The molecular formula is C19H19N3O3. The van der Waals surface area contributed by atoms with Gasteiger partial charge in [0.25, 0.3) is 5.91 Å². The lowest BCUT2D eigenvalue weighted by Crippen LogP contribution is -2.14. The van der Waals surface area contributed by atoms with Gasteiger partial charge in [0.1, 0.15) is 17.2 Å². The first-order valence-electron chi connectivity index (χ1n) is 7.77. The van der Waals surface area contributed by atoms with E-state index in [1.54, 1.807) is 25.3 Å². The molecule has 0 saturated carbocycles. The summed E-state index contributed by atoms with van der Waals surface area (Å²) < 4.78 is 10.5. The molecule has 0 aliphatic heterocycles. The highest BCUT2D eigenvalue weighted by Crippen LogP contribution is 2.31. The van der Waals surface area contributed by atoms with Crippen molar-refractivity contribution in [2.24, 2.45) is 0 Å². The zero-order chi connectivity index (χ0) is 17.8. The number of carbonyl (C=O) groups excluding carboxylic acids is 1. The van der Waals surface area contributed by atoms with Gasteiger partial charge in [0.15, 0.2) is 0 Å². The zero-order valence-electron chi connectivity index (χ0n) is 14.3. The number of aromatic nitrogens is 2. The molecule has 6 heteroatoms. The van der Waals surface area contributed by atoms with Crippen LogP contribution < -0.4 is 14.8 Å². The predicted molar refractivity (Wildman–Crippen MR) is 96.3 cm³/mol. The standard InChI is InChI=1S/C19H19N3O3/c1-12-17(20-19(23)15-9-4-5-10-16(15)25-3)18(22-21-12)13-7-6-8-14(11-13)24-2/h4-11H,1-3H3,(H,20,23)(H,21,22). The van der Waals surface area contributed by atoms with E-state index < -0.39 is 0 Å². The lowest BCUT2D eigenvalue weighted by Gasteiger charge is -2.10. The van der Waals surface area contributed by atoms with Crippen molar-refractivity contribution in [3.05, 3.63) is 59.8 Å². The van der Waals surface area contributed by atoms with E-state index in [-0.39, 0.29) is 5.91 Å². The molecule has 1 heterocycles. The monoisotopic (exact) mass is 337 g/mol. The molecule has 1 amide bonds. The second kappa shape index (κ2) is 7.09. The molecular weight excluding hydrogens is 318 g/mol. The van der Waals surface area contributed by atoms with Crippen molar-refractivity contribution < 1.29 is 14.3 Å². The fourth-order valence-corrected chi connectivity index (χ4v) is 2.57. The largest absolute Gasteiger partial charge is 0.497 e. The minimum absolute atomic E-state index is 0.258. The number of hydrogen-bond donors (Lipinski definition) is 2. The topological polar surface area (TPSA) is 76.2 Å². The normalized spacial score (nSPS) is 10.4. The number of carbonyl (C=O) groups is 1. The van der Waals surface area contributed by atoms with Crippen LogP contribution in [0.1, 0.15) is 16.1 Å². The maximum Gasteiger partial charge on any atom is 0.259 e. The average molecular weight is 337 g/mol. The first kappa shape index (κ1) is 16.6. The number of nitrogens with one attached hydrogen (secondary N) is 2. The summed E-state index contributed by atoms with van der Waals surface area (Å²) in [4.78, 5) is 12.7.